The molecular formula is C10H11BrF3NO2. The van der Waals surface area contributed by atoms with Gasteiger partial charge in [-0.1, -0.05) is 0 Å². The topological polar surface area (TPSA) is 31.4 Å². The van der Waals surface area contributed by atoms with Crippen LogP contribution >= 0.6 is 15.9 Å². The Morgan fingerprint density at radius 3 is 2.71 bits per heavy atom. The van der Waals surface area contributed by atoms with Gasteiger partial charge in [0.25, 0.3) is 0 Å². The van der Waals surface area contributed by atoms with Crippen LogP contribution in [0.3, 0.4) is 0 Å². The second-order valence-corrected chi connectivity index (χ2v) is 3.91. The van der Waals surface area contributed by atoms with Gasteiger partial charge in [-0.15, -0.1) is 0 Å². The first-order valence-corrected chi connectivity index (χ1v) is 5.66. The molecule has 96 valence electrons. The van der Waals surface area contributed by atoms with E-state index in [0.717, 1.165) is 0 Å². The summed E-state index contributed by atoms with van der Waals surface area (Å²) in [4.78, 5) is 3.94. The second-order valence-electron chi connectivity index (χ2n) is 3.16. The molecule has 3 nitrogen and oxygen atoms in total. The van der Waals surface area contributed by atoms with Crippen molar-refractivity contribution in [3.05, 3.63) is 22.9 Å². The van der Waals surface area contributed by atoms with Gasteiger partial charge < -0.3 is 9.47 Å². The van der Waals surface area contributed by atoms with Crippen LogP contribution in [0.5, 0.6) is 5.75 Å². The Bertz CT molecular complexity index is 347. The highest BCUT2D eigenvalue weighted by molar-refractivity contribution is 9.10. The predicted octanol–water partition coefficient (Wildman–Crippen LogP) is 3.19. The number of alkyl halides is 3. The standard InChI is InChI=1S/C10H11BrF3NO2/c11-9-8(3-1-4-15-9)17-6-2-5-16-7-10(12,13)14/h1,3-4H,2,5-7H2. The molecule has 7 heteroatoms. The molecule has 0 aliphatic rings. The minimum atomic E-state index is -4.27. The largest absolute Gasteiger partial charge is 0.491 e. The summed E-state index contributed by atoms with van der Waals surface area (Å²) in [7, 11) is 0. The molecule has 0 saturated carbocycles. The van der Waals surface area contributed by atoms with Crippen molar-refractivity contribution in [3.63, 3.8) is 0 Å². The molecule has 17 heavy (non-hydrogen) atoms. The van der Waals surface area contributed by atoms with Gasteiger partial charge in [0.05, 0.1) is 13.2 Å². The van der Waals surface area contributed by atoms with Crippen molar-refractivity contribution in [3.8, 4) is 5.75 Å². The molecule has 0 bridgehead atoms. The lowest BCUT2D eigenvalue weighted by Crippen LogP contribution is -2.18. The van der Waals surface area contributed by atoms with E-state index in [1.165, 1.54) is 0 Å². The zero-order valence-corrected chi connectivity index (χ0v) is 10.4. The van der Waals surface area contributed by atoms with Gasteiger partial charge in [0.15, 0.2) is 5.75 Å². The van der Waals surface area contributed by atoms with E-state index in [1.54, 1.807) is 18.3 Å². The zero-order valence-electron chi connectivity index (χ0n) is 8.84. The molecule has 1 rings (SSSR count). The molecule has 0 aromatic carbocycles. The van der Waals surface area contributed by atoms with E-state index in [0.29, 0.717) is 16.8 Å². The number of hydrogen-bond acceptors (Lipinski definition) is 3. The molecule has 0 amide bonds. The average Bonchev–Trinajstić information content (AvgIpc) is 2.24. The van der Waals surface area contributed by atoms with E-state index in [2.05, 4.69) is 25.7 Å². The van der Waals surface area contributed by atoms with E-state index in [-0.39, 0.29) is 13.2 Å². The fourth-order valence-electron chi connectivity index (χ4n) is 1.01. The van der Waals surface area contributed by atoms with Crippen molar-refractivity contribution >= 4 is 15.9 Å². The first-order chi connectivity index (χ1) is 7.99. The molecule has 0 aliphatic carbocycles. The highest BCUT2D eigenvalue weighted by Gasteiger charge is 2.27. The van der Waals surface area contributed by atoms with Gasteiger partial charge in [0.1, 0.15) is 11.2 Å². The maximum absolute atomic E-state index is 11.7. The highest BCUT2D eigenvalue weighted by Crippen LogP contribution is 2.21. The fourth-order valence-corrected chi connectivity index (χ4v) is 1.37. The maximum Gasteiger partial charge on any atom is 0.411 e. The van der Waals surface area contributed by atoms with Gasteiger partial charge in [-0.3, -0.25) is 0 Å². The first kappa shape index (κ1) is 14.2. The van der Waals surface area contributed by atoms with Crippen LogP contribution in [-0.2, 0) is 4.74 Å². The van der Waals surface area contributed by atoms with Crippen LogP contribution in [0.2, 0.25) is 0 Å². The van der Waals surface area contributed by atoms with E-state index < -0.39 is 12.8 Å². The SMILES string of the molecule is FC(F)(F)COCCCOc1cccnc1Br. The van der Waals surface area contributed by atoms with Gasteiger partial charge in [0, 0.05) is 12.6 Å². The van der Waals surface area contributed by atoms with Crippen LogP contribution in [0, 0.1) is 0 Å². The van der Waals surface area contributed by atoms with Gasteiger partial charge >= 0.3 is 6.18 Å². The first-order valence-electron chi connectivity index (χ1n) is 4.87. The summed E-state index contributed by atoms with van der Waals surface area (Å²) in [6.45, 7) is -0.927. The van der Waals surface area contributed by atoms with Gasteiger partial charge in [0.2, 0.25) is 0 Å². The van der Waals surface area contributed by atoms with Crippen LogP contribution in [0.1, 0.15) is 6.42 Å². The summed E-state index contributed by atoms with van der Waals surface area (Å²) in [5.41, 5.74) is 0. The Morgan fingerprint density at radius 1 is 1.29 bits per heavy atom. The van der Waals surface area contributed by atoms with Crippen molar-refractivity contribution < 1.29 is 22.6 Å². The number of aromatic nitrogens is 1. The van der Waals surface area contributed by atoms with Crippen molar-refractivity contribution in [2.45, 2.75) is 12.6 Å². The minimum Gasteiger partial charge on any atom is -0.491 e. The summed E-state index contributed by atoms with van der Waals surface area (Å²) in [6.07, 6.45) is -2.28. The molecule has 0 fully saturated rings. The second kappa shape index (κ2) is 6.80. The average molecular weight is 314 g/mol. The van der Waals surface area contributed by atoms with Gasteiger partial charge in [-0.25, -0.2) is 4.98 Å². The Labute approximate surface area is 105 Å². The molecule has 0 aliphatic heterocycles. The molecule has 0 unspecified atom stereocenters. The number of rotatable bonds is 6. The van der Waals surface area contributed by atoms with Gasteiger partial charge in [-0.2, -0.15) is 13.2 Å². The number of ether oxygens (including phenoxy) is 2. The third-order valence-corrected chi connectivity index (χ3v) is 2.28. The van der Waals surface area contributed by atoms with Crippen LogP contribution < -0.4 is 4.74 Å². The lowest BCUT2D eigenvalue weighted by atomic mass is 10.4. The number of hydrogen-bond donors (Lipinski definition) is 0. The van der Waals surface area contributed by atoms with E-state index in [4.69, 9.17) is 4.74 Å². The maximum atomic E-state index is 11.7. The normalized spacial score (nSPS) is 11.5. The number of nitrogens with zero attached hydrogens (tertiary/aromatic N) is 1. The van der Waals surface area contributed by atoms with Crippen LogP contribution in [0.15, 0.2) is 22.9 Å². The number of pyridine rings is 1. The Morgan fingerprint density at radius 2 is 2.06 bits per heavy atom. The highest BCUT2D eigenvalue weighted by atomic mass is 79.9. The Hall–Kier alpha value is -0.820. The van der Waals surface area contributed by atoms with Crippen molar-refractivity contribution in [2.75, 3.05) is 19.8 Å². The third-order valence-electron chi connectivity index (χ3n) is 1.68. The molecular weight excluding hydrogens is 303 g/mol. The Balaban J connectivity index is 2.11. The summed E-state index contributed by atoms with van der Waals surface area (Å²) in [5.74, 6) is 0.559. The third kappa shape index (κ3) is 6.48. The lowest BCUT2D eigenvalue weighted by molar-refractivity contribution is -0.174. The smallest absolute Gasteiger partial charge is 0.411 e. The van der Waals surface area contributed by atoms with E-state index in [9.17, 15) is 13.2 Å². The fraction of sp³-hybridized carbons (Fsp3) is 0.500. The summed E-state index contributed by atoms with van der Waals surface area (Å²) < 4.78 is 45.4. The lowest BCUT2D eigenvalue weighted by Gasteiger charge is -2.09. The van der Waals surface area contributed by atoms with Crippen LogP contribution in [-0.4, -0.2) is 31.0 Å². The van der Waals surface area contributed by atoms with E-state index >= 15 is 0 Å². The van der Waals surface area contributed by atoms with Crippen LogP contribution in [0.25, 0.3) is 0 Å². The molecule has 1 aromatic rings. The van der Waals surface area contributed by atoms with Crippen LogP contribution in [0.4, 0.5) is 13.2 Å². The molecule has 0 N–H and O–H groups in total. The predicted molar refractivity (Wildman–Crippen MR) is 58.9 cm³/mol. The Kier molecular flexibility index (Phi) is 5.70. The summed E-state index contributed by atoms with van der Waals surface area (Å²) in [6, 6.07) is 3.42. The summed E-state index contributed by atoms with van der Waals surface area (Å²) >= 11 is 3.19. The molecule has 0 saturated heterocycles. The molecule has 0 atom stereocenters. The van der Waals surface area contributed by atoms with Gasteiger partial charge in [-0.05, 0) is 28.1 Å². The monoisotopic (exact) mass is 313 g/mol. The summed E-state index contributed by atoms with van der Waals surface area (Å²) in [5, 5.41) is 0. The quantitative estimate of drug-likeness (QED) is 0.597. The zero-order chi connectivity index (χ0) is 12.7. The minimum absolute atomic E-state index is 0.0113. The molecule has 0 spiro atoms. The molecule has 0 radical (unpaired) electrons. The van der Waals surface area contributed by atoms with E-state index in [1.807, 2.05) is 0 Å². The van der Waals surface area contributed by atoms with Crippen molar-refractivity contribution in [2.24, 2.45) is 0 Å². The number of halogens is 4. The molecule has 1 aromatic heterocycles. The molecule has 1 heterocycles. The van der Waals surface area contributed by atoms with Crippen molar-refractivity contribution in [1.82, 2.24) is 4.98 Å². The van der Waals surface area contributed by atoms with Crippen molar-refractivity contribution in [1.29, 1.82) is 0 Å².